The number of hydrogen-bond donors (Lipinski definition) is 1. The van der Waals surface area contributed by atoms with Gasteiger partial charge in [0.2, 0.25) is 5.91 Å². The summed E-state index contributed by atoms with van der Waals surface area (Å²) in [4.78, 5) is 17.0. The molecule has 0 bridgehead atoms. The number of sulfone groups is 1. The van der Waals surface area contributed by atoms with Crippen LogP contribution in [0.1, 0.15) is 31.3 Å². The fourth-order valence-corrected chi connectivity index (χ4v) is 3.28. The van der Waals surface area contributed by atoms with E-state index in [0.29, 0.717) is 5.13 Å². The lowest BCUT2D eigenvalue weighted by Gasteiger charge is -2.14. The van der Waals surface area contributed by atoms with Crippen LogP contribution in [0.2, 0.25) is 0 Å². The lowest BCUT2D eigenvalue weighted by atomic mass is 10.4. The van der Waals surface area contributed by atoms with Crippen LogP contribution in [0.5, 0.6) is 0 Å². The maximum absolute atomic E-state index is 11.9. The number of nitrogens with one attached hydrogen (secondary N) is 1. The van der Waals surface area contributed by atoms with Gasteiger partial charge in [0.25, 0.3) is 0 Å². The molecular formula is C11H18N2O3S2. The van der Waals surface area contributed by atoms with Crippen molar-refractivity contribution in [2.45, 2.75) is 45.1 Å². The highest BCUT2D eigenvalue weighted by Crippen LogP contribution is 2.22. The van der Waals surface area contributed by atoms with Crippen molar-refractivity contribution in [1.29, 1.82) is 0 Å². The van der Waals surface area contributed by atoms with Gasteiger partial charge in [-0.15, -0.1) is 11.3 Å². The van der Waals surface area contributed by atoms with E-state index >= 15 is 0 Å². The van der Waals surface area contributed by atoms with Crippen LogP contribution in [0.3, 0.4) is 0 Å². The number of thiazole rings is 1. The number of amides is 1. The molecule has 0 spiro atoms. The molecule has 0 radical (unpaired) electrons. The lowest BCUT2D eigenvalue weighted by Crippen LogP contribution is -2.36. The third-order valence-corrected chi connectivity index (χ3v) is 6.28. The Labute approximate surface area is 112 Å². The molecule has 0 aliphatic carbocycles. The van der Waals surface area contributed by atoms with Crippen LogP contribution in [0.4, 0.5) is 5.13 Å². The van der Waals surface area contributed by atoms with Gasteiger partial charge in [-0.1, -0.05) is 0 Å². The topological polar surface area (TPSA) is 76.1 Å². The minimum absolute atomic E-state index is 0.445. The van der Waals surface area contributed by atoms with E-state index in [1.807, 2.05) is 13.8 Å². The van der Waals surface area contributed by atoms with Crippen molar-refractivity contribution >= 4 is 32.2 Å². The summed E-state index contributed by atoms with van der Waals surface area (Å²) in [7, 11) is -3.43. The standard InChI is InChI=1S/C11H18N2O3S2/c1-6(2)18(15,16)9(5)10(14)13-11-12-7(3)8(4)17-11/h6,9H,1-5H3,(H,12,13,14)/t9-/m0/s1. The first-order valence-electron chi connectivity index (χ1n) is 5.64. The molecule has 1 aromatic heterocycles. The summed E-state index contributed by atoms with van der Waals surface area (Å²) < 4.78 is 23.7. The van der Waals surface area contributed by atoms with Crippen LogP contribution in [0.15, 0.2) is 0 Å². The van der Waals surface area contributed by atoms with Crippen LogP contribution in [-0.2, 0) is 14.6 Å². The highest BCUT2D eigenvalue weighted by Gasteiger charge is 2.31. The predicted octanol–water partition coefficient (Wildman–Crippen LogP) is 1.91. The number of carbonyl (C=O) groups is 1. The first kappa shape index (κ1) is 15.1. The fraction of sp³-hybridized carbons (Fsp3) is 0.636. The summed E-state index contributed by atoms with van der Waals surface area (Å²) in [6, 6.07) is 0. The molecule has 18 heavy (non-hydrogen) atoms. The maximum atomic E-state index is 11.9. The minimum Gasteiger partial charge on any atom is -0.301 e. The summed E-state index contributed by atoms with van der Waals surface area (Å²) >= 11 is 1.34. The zero-order chi connectivity index (χ0) is 14.1. The minimum atomic E-state index is -3.43. The van der Waals surface area contributed by atoms with Gasteiger partial charge >= 0.3 is 0 Å². The molecule has 1 atom stereocenters. The number of rotatable bonds is 4. The van der Waals surface area contributed by atoms with Crippen LogP contribution >= 0.6 is 11.3 Å². The maximum Gasteiger partial charge on any atom is 0.244 e. The summed E-state index contributed by atoms with van der Waals surface area (Å²) in [5.74, 6) is -0.530. The molecule has 1 heterocycles. The predicted molar refractivity (Wildman–Crippen MR) is 73.7 cm³/mol. The van der Waals surface area contributed by atoms with E-state index in [-0.39, 0.29) is 0 Å². The van der Waals surface area contributed by atoms with E-state index in [0.717, 1.165) is 10.6 Å². The third kappa shape index (κ3) is 3.08. The molecule has 0 aliphatic heterocycles. The smallest absolute Gasteiger partial charge is 0.244 e. The molecule has 0 aliphatic rings. The molecule has 0 aromatic carbocycles. The molecule has 0 unspecified atom stereocenters. The van der Waals surface area contributed by atoms with Crippen LogP contribution in [0, 0.1) is 13.8 Å². The largest absolute Gasteiger partial charge is 0.301 e. The van der Waals surface area contributed by atoms with Crippen molar-refractivity contribution in [3.05, 3.63) is 10.6 Å². The summed E-state index contributed by atoms with van der Waals surface area (Å²) in [5.41, 5.74) is 0.842. The van der Waals surface area contributed by atoms with Gasteiger partial charge in [-0.2, -0.15) is 0 Å². The average Bonchev–Trinajstić information content (AvgIpc) is 2.56. The summed E-state index contributed by atoms with van der Waals surface area (Å²) in [6.45, 7) is 8.28. The Morgan fingerprint density at radius 2 is 1.83 bits per heavy atom. The number of carbonyl (C=O) groups excluding carboxylic acids is 1. The molecule has 7 heteroatoms. The van der Waals surface area contributed by atoms with E-state index in [9.17, 15) is 13.2 Å². The Bertz CT molecular complexity index is 527. The number of aryl methyl sites for hydroxylation is 2. The quantitative estimate of drug-likeness (QED) is 0.919. The van der Waals surface area contributed by atoms with Gasteiger partial charge in [-0.3, -0.25) is 4.79 Å². The second-order valence-corrected chi connectivity index (χ2v) is 8.46. The first-order valence-corrected chi connectivity index (χ1v) is 8.06. The Morgan fingerprint density at radius 3 is 2.22 bits per heavy atom. The van der Waals surface area contributed by atoms with E-state index in [2.05, 4.69) is 10.3 Å². The second kappa shape index (κ2) is 5.36. The van der Waals surface area contributed by atoms with Gasteiger partial charge in [0.1, 0.15) is 5.25 Å². The van der Waals surface area contributed by atoms with E-state index in [1.54, 1.807) is 13.8 Å². The van der Waals surface area contributed by atoms with Crippen molar-refractivity contribution < 1.29 is 13.2 Å². The third-order valence-electron chi connectivity index (χ3n) is 2.78. The van der Waals surface area contributed by atoms with Crippen molar-refractivity contribution in [1.82, 2.24) is 4.98 Å². The first-order chi connectivity index (χ1) is 8.16. The van der Waals surface area contributed by atoms with Crippen molar-refractivity contribution in [2.75, 3.05) is 5.32 Å². The van der Waals surface area contributed by atoms with Crippen LogP contribution in [0.25, 0.3) is 0 Å². The Balaban J connectivity index is 2.84. The van der Waals surface area contributed by atoms with Crippen molar-refractivity contribution in [2.24, 2.45) is 0 Å². The number of nitrogens with zero attached hydrogens (tertiary/aromatic N) is 1. The molecule has 0 saturated carbocycles. The SMILES string of the molecule is Cc1nc(NC(=O)[C@H](C)S(=O)(=O)C(C)C)sc1C. The average molecular weight is 290 g/mol. The number of aromatic nitrogens is 1. The highest BCUT2D eigenvalue weighted by molar-refractivity contribution is 7.93. The molecule has 5 nitrogen and oxygen atoms in total. The second-order valence-electron chi connectivity index (χ2n) is 4.43. The summed E-state index contributed by atoms with van der Waals surface area (Å²) in [6.07, 6.45) is 0. The van der Waals surface area contributed by atoms with E-state index < -0.39 is 26.2 Å². The van der Waals surface area contributed by atoms with Crippen molar-refractivity contribution in [3.8, 4) is 0 Å². The molecule has 102 valence electrons. The van der Waals surface area contributed by atoms with Gasteiger partial charge in [-0.25, -0.2) is 13.4 Å². The monoisotopic (exact) mass is 290 g/mol. The van der Waals surface area contributed by atoms with Gasteiger partial charge in [0.05, 0.1) is 10.9 Å². The molecular weight excluding hydrogens is 272 g/mol. The molecule has 1 aromatic rings. The fourth-order valence-electron chi connectivity index (χ4n) is 1.29. The highest BCUT2D eigenvalue weighted by atomic mass is 32.2. The summed E-state index contributed by atoms with van der Waals surface area (Å²) in [5, 5.41) is 1.36. The Kier molecular flexibility index (Phi) is 4.50. The Hall–Kier alpha value is -0.950. The molecule has 1 rings (SSSR count). The van der Waals surface area contributed by atoms with Crippen LogP contribution in [-0.4, -0.2) is 29.8 Å². The zero-order valence-electron chi connectivity index (χ0n) is 11.1. The van der Waals surface area contributed by atoms with E-state index in [1.165, 1.54) is 18.3 Å². The van der Waals surface area contributed by atoms with Gasteiger partial charge in [-0.05, 0) is 34.6 Å². The van der Waals surface area contributed by atoms with Crippen molar-refractivity contribution in [3.63, 3.8) is 0 Å². The molecule has 0 saturated heterocycles. The zero-order valence-corrected chi connectivity index (χ0v) is 12.8. The lowest BCUT2D eigenvalue weighted by molar-refractivity contribution is -0.115. The number of hydrogen-bond acceptors (Lipinski definition) is 5. The van der Waals surface area contributed by atoms with Gasteiger partial charge in [0.15, 0.2) is 15.0 Å². The molecule has 1 N–H and O–H groups in total. The molecule has 0 fully saturated rings. The Morgan fingerprint density at radius 1 is 1.28 bits per heavy atom. The number of anilines is 1. The normalized spacial score (nSPS) is 13.7. The van der Waals surface area contributed by atoms with E-state index in [4.69, 9.17) is 0 Å². The van der Waals surface area contributed by atoms with Crippen LogP contribution < -0.4 is 5.32 Å². The van der Waals surface area contributed by atoms with Gasteiger partial charge in [0, 0.05) is 4.88 Å². The van der Waals surface area contributed by atoms with Gasteiger partial charge < -0.3 is 5.32 Å². The molecule has 1 amide bonds.